The van der Waals surface area contributed by atoms with Gasteiger partial charge in [-0.2, -0.15) is 0 Å². The molecule has 0 radical (unpaired) electrons. The van der Waals surface area contributed by atoms with Gasteiger partial charge in [-0.05, 0) is 104 Å². The van der Waals surface area contributed by atoms with E-state index in [1.807, 2.05) is 57.9 Å². The van der Waals surface area contributed by atoms with Crippen molar-refractivity contribution in [3.8, 4) is 5.75 Å². The van der Waals surface area contributed by atoms with Crippen molar-refractivity contribution in [3.05, 3.63) is 95.9 Å². The summed E-state index contributed by atoms with van der Waals surface area (Å²) in [6.45, 7) is 4.61. The highest BCUT2D eigenvalue weighted by atomic mass is 32.1. The Morgan fingerprint density at radius 3 is 2.52 bits per heavy atom. The van der Waals surface area contributed by atoms with Gasteiger partial charge in [0.25, 0.3) is 0 Å². The zero-order chi connectivity index (χ0) is 35.9. The molecule has 4 aromatic heterocycles. The van der Waals surface area contributed by atoms with Gasteiger partial charge in [0, 0.05) is 25.2 Å². The number of hydrogen-bond donors (Lipinski definition) is 5. The van der Waals surface area contributed by atoms with Gasteiger partial charge in [0.2, 0.25) is 5.60 Å². The summed E-state index contributed by atoms with van der Waals surface area (Å²) in [5.74, 6) is -0.967. The molecule has 1 spiro atoms. The molecule has 5 heterocycles. The molecule has 1 aliphatic heterocycles. The molecule has 0 bridgehead atoms. The highest BCUT2D eigenvalue weighted by molar-refractivity contribution is 7.16. The van der Waals surface area contributed by atoms with Crippen LogP contribution in [0.2, 0.25) is 0 Å². The number of nitrogens with zero attached hydrogens (tertiary/aromatic N) is 4. The molecule has 12 nitrogen and oxygen atoms in total. The number of aliphatic hydroxyl groups excluding tert-OH is 1. The summed E-state index contributed by atoms with van der Waals surface area (Å²) in [6.07, 6.45) is 4.02. The summed E-state index contributed by atoms with van der Waals surface area (Å²) in [4.78, 5) is 30.9. The van der Waals surface area contributed by atoms with E-state index in [0.717, 1.165) is 96.0 Å². The molecule has 2 aliphatic rings. The molecule has 1 aliphatic carbocycles. The highest BCUT2D eigenvalue weighted by Crippen LogP contribution is 2.53. The monoisotopic (exact) mass is 760 g/mol. The van der Waals surface area contributed by atoms with Gasteiger partial charge in [-0.1, -0.05) is 40.8 Å². The number of likely N-dealkylation sites (tertiary alicyclic amines) is 1. The molecule has 1 saturated heterocycles. The van der Waals surface area contributed by atoms with Crippen LogP contribution in [0.4, 0.5) is 0 Å². The number of aromatic amines is 1. The van der Waals surface area contributed by atoms with Crippen molar-refractivity contribution in [3.63, 3.8) is 0 Å². The molecule has 0 amide bonds. The van der Waals surface area contributed by atoms with Crippen LogP contribution in [0, 0.1) is 5.41 Å². The lowest BCUT2D eigenvalue weighted by atomic mass is 9.61. The summed E-state index contributed by atoms with van der Waals surface area (Å²) in [7, 11) is 0. The van der Waals surface area contributed by atoms with Crippen LogP contribution in [0.25, 0.3) is 21.3 Å². The topological polar surface area (TPSA) is 166 Å². The van der Waals surface area contributed by atoms with Crippen LogP contribution >= 0.6 is 34.0 Å². The third-order valence-corrected chi connectivity index (χ3v) is 13.5. The van der Waals surface area contributed by atoms with E-state index in [-0.39, 0.29) is 28.7 Å². The summed E-state index contributed by atoms with van der Waals surface area (Å²) in [5, 5.41) is 47.2. The van der Waals surface area contributed by atoms with Crippen molar-refractivity contribution in [2.75, 3.05) is 26.2 Å². The van der Waals surface area contributed by atoms with Crippen LogP contribution < -0.4 is 10.2 Å². The number of aromatic hydroxyl groups is 1. The standard InChI is InChI=1S/C37H40N6O6S3/c44-28-9-7-25(33-32(28)39-35(48)52-33)29(45)22-38-21-23-6-8-27-26(18-23)40-41-43(27)13-3-12-42-14-10-36(11-15-42)19-24(20-36)49-37(34(46)47,30-4-1-16-50-30)31-5-2-17-51-31/h1-2,4-9,16-18,24,29,38,44-45H,3,10-15,19-22H2,(H,39,48)(H,46,47)/t29-/m0/s1. The number of fused-ring (bicyclic) bond motifs is 2. The van der Waals surface area contributed by atoms with E-state index in [0.29, 0.717) is 22.3 Å². The van der Waals surface area contributed by atoms with Crippen LogP contribution in [0.3, 0.4) is 0 Å². The second-order valence-corrected chi connectivity index (χ2v) is 16.8. The third kappa shape index (κ3) is 6.70. The van der Waals surface area contributed by atoms with E-state index in [1.54, 1.807) is 6.07 Å². The molecule has 1 saturated carbocycles. The molecule has 52 heavy (non-hydrogen) atoms. The zero-order valence-corrected chi connectivity index (χ0v) is 30.8. The molecule has 0 unspecified atom stereocenters. The van der Waals surface area contributed by atoms with Crippen LogP contribution in [0.1, 0.15) is 59.1 Å². The fourth-order valence-electron chi connectivity index (χ4n) is 7.86. The van der Waals surface area contributed by atoms with Gasteiger partial charge in [0.1, 0.15) is 16.8 Å². The molecule has 2 fully saturated rings. The zero-order valence-electron chi connectivity index (χ0n) is 28.4. The Morgan fingerprint density at radius 2 is 1.83 bits per heavy atom. The Kier molecular flexibility index (Phi) is 9.76. The minimum absolute atomic E-state index is 0.0136. The second-order valence-electron chi connectivity index (χ2n) is 14.0. The number of phenols is 1. The average Bonchev–Trinajstić information content (AvgIpc) is 3.95. The quantitative estimate of drug-likeness (QED) is 0.0935. The molecule has 8 rings (SSSR count). The van der Waals surface area contributed by atoms with Crippen LogP contribution in [0.15, 0.2) is 70.2 Å². The van der Waals surface area contributed by atoms with Crippen molar-refractivity contribution in [2.24, 2.45) is 5.41 Å². The molecular formula is C37H40N6O6S3. The minimum Gasteiger partial charge on any atom is -0.506 e. The van der Waals surface area contributed by atoms with Gasteiger partial charge in [-0.3, -0.25) is 4.79 Å². The maximum Gasteiger partial charge on any atom is 0.347 e. The number of H-pyrrole nitrogens is 1. The van der Waals surface area contributed by atoms with Crippen LogP contribution in [-0.2, 0) is 28.2 Å². The maximum atomic E-state index is 12.8. The smallest absolute Gasteiger partial charge is 0.347 e. The first kappa shape index (κ1) is 35.1. The maximum absolute atomic E-state index is 12.8. The molecule has 272 valence electrons. The Balaban J connectivity index is 0.793. The number of benzene rings is 2. The molecular weight excluding hydrogens is 721 g/mol. The summed E-state index contributed by atoms with van der Waals surface area (Å²) >= 11 is 3.84. The number of rotatable bonds is 14. The summed E-state index contributed by atoms with van der Waals surface area (Å²) in [5.41, 5.74) is 2.56. The first-order valence-corrected chi connectivity index (χ1v) is 20.1. The fourth-order valence-corrected chi connectivity index (χ4v) is 10.6. The number of phenolic OH excluding ortho intramolecular Hbond substituents is 1. The number of carboxylic acids is 1. The molecule has 2 aromatic carbocycles. The van der Waals surface area contributed by atoms with E-state index < -0.39 is 17.7 Å². The minimum atomic E-state index is -1.44. The van der Waals surface area contributed by atoms with Crippen molar-refractivity contribution in [1.29, 1.82) is 0 Å². The van der Waals surface area contributed by atoms with Gasteiger partial charge in [0.15, 0.2) is 0 Å². The number of carboxylic acid groups (broad SMARTS) is 1. The molecule has 1 atom stereocenters. The number of hydrogen-bond acceptors (Lipinski definition) is 12. The van der Waals surface area contributed by atoms with Gasteiger partial charge in [-0.25, -0.2) is 9.48 Å². The SMILES string of the molecule is O=C(O)C(OC1CC2(CCN(CCCn3nnc4cc(CNC[C@H](O)c5ccc(O)c6[nH]c(=O)sc56)ccc43)CC2)C1)(c1cccs1)c1cccs1. The van der Waals surface area contributed by atoms with Crippen LogP contribution in [0.5, 0.6) is 5.75 Å². The molecule has 15 heteroatoms. The number of aryl methyl sites for hydroxylation is 1. The molecule has 5 N–H and O–H groups in total. The number of carbonyl (C=O) groups is 1. The third-order valence-electron chi connectivity index (χ3n) is 10.7. The van der Waals surface area contributed by atoms with E-state index in [9.17, 15) is 24.9 Å². The number of thiazole rings is 1. The van der Waals surface area contributed by atoms with E-state index in [1.165, 1.54) is 28.7 Å². The largest absolute Gasteiger partial charge is 0.506 e. The van der Waals surface area contributed by atoms with Gasteiger partial charge in [0.05, 0.1) is 32.2 Å². The van der Waals surface area contributed by atoms with Crippen LogP contribution in [-0.4, -0.2) is 78.4 Å². The van der Waals surface area contributed by atoms with Crippen molar-refractivity contribution < 1.29 is 24.9 Å². The lowest BCUT2D eigenvalue weighted by Gasteiger charge is -2.53. The summed E-state index contributed by atoms with van der Waals surface area (Å²) < 4.78 is 9.07. The number of piperidine rings is 1. The van der Waals surface area contributed by atoms with Crippen molar-refractivity contribution in [2.45, 2.75) is 63.0 Å². The normalized spacial score (nSPS) is 17.2. The fraction of sp³-hybridized carbons (Fsp3) is 0.405. The molecule has 6 aromatic rings. The predicted molar refractivity (Wildman–Crippen MR) is 202 cm³/mol. The second kappa shape index (κ2) is 14.5. The Hall–Kier alpha value is -3.96. The Bertz CT molecular complexity index is 2180. The highest BCUT2D eigenvalue weighted by Gasteiger charge is 2.53. The van der Waals surface area contributed by atoms with Gasteiger partial charge >= 0.3 is 10.8 Å². The lowest BCUT2D eigenvalue weighted by molar-refractivity contribution is -0.190. The number of aromatic nitrogens is 4. The number of aliphatic carboxylic acids is 1. The predicted octanol–water partition coefficient (Wildman–Crippen LogP) is 5.67. The Morgan fingerprint density at radius 1 is 1.08 bits per heavy atom. The number of nitrogens with one attached hydrogen (secondary N) is 2. The van der Waals surface area contributed by atoms with E-state index >= 15 is 0 Å². The number of ether oxygens (including phenoxy) is 1. The number of aliphatic hydroxyl groups is 1. The van der Waals surface area contributed by atoms with Gasteiger partial charge in [-0.15, -0.1) is 27.8 Å². The lowest BCUT2D eigenvalue weighted by Crippen LogP contribution is -2.53. The van der Waals surface area contributed by atoms with E-state index in [2.05, 4.69) is 25.5 Å². The number of thiophene rings is 2. The first-order valence-electron chi connectivity index (χ1n) is 17.5. The Labute approximate surface area is 311 Å². The van der Waals surface area contributed by atoms with E-state index in [4.69, 9.17) is 4.74 Å². The van der Waals surface area contributed by atoms with Gasteiger partial charge < -0.3 is 35.3 Å². The average molecular weight is 761 g/mol. The first-order chi connectivity index (χ1) is 25.2. The van der Waals surface area contributed by atoms with Crippen molar-refractivity contribution >= 4 is 61.2 Å². The van der Waals surface area contributed by atoms with Crippen molar-refractivity contribution in [1.82, 2.24) is 30.2 Å². The summed E-state index contributed by atoms with van der Waals surface area (Å²) in [6, 6.07) is 16.7.